The van der Waals surface area contributed by atoms with Crippen LogP contribution in [0.2, 0.25) is 0 Å². The predicted molar refractivity (Wildman–Crippen MR) is 54.1 cm³/mol. The van der Waals surface area contributed by atoms with Crippen LogP contribution in [0.1, 0.15) is 23.2 Å². The molecule has 7 heteroatoms. The molecule has 18 heavy (non-hydrogen) atoms. The van der Waals surface area contributed by atoms with E-state index in [4.69, 9.17) is 9.84 Å². The third-order valence-corrected chi connectivity index (χ3v) is 2.05. The quantitative estimate of drug-likeness (QED) is 0.657. The highest BCUT2D eigenvalue weighted by Gasteiger charge is 2.26. The summed E-state index contributed by atoms with van der Waals surface area (Å²) in [4.78, 5) is 10.7. The Hall–Kier alpha value is -1.79. The van der Waals surface area contributed by atoms with Crippen molar-refractivity contribution >= 4 is 5.97 Å². The van der Waals surface area contributed by atoms with Gasteiger partial charge in [0.25, 0.3) is 0 Å². The smallest absolute Gasteiger partial charge is 0.389 e. The Morgan fingerprint density at radius 2 is 2.00 bits per heavy atom. The predicted octanol–water partition coefficient (Wildman–Crippen LogP) is 3.25. The van der Waals surface area contributed by atoms with Crippen LogP contribution in [0.15, 0.2) is 18.2 Å². The maximum Gasteiger partial charge on any atom is 0.389 e. The molecular weight excluding hydrogens is 256 g/mol. The van der Waals surface area contributed by atoms with Gasteiger partial charge in [0.05, 0.1) is 6.61 Å². The van der Waals surface area contributed by atoms with E-state index in [-0.39, 0.29) is 18.8 Å². The fourth-order valence-corrected chi connectivity index (χ4v) is 1.29. The lowest BCUT2D eigenvalue weighted by atomic mass is 10.2. The minimum Gasteiger partial charge on any atom is -0.493 e. The first-order chi connectivity index (χ1) is 8.31. The van der Waals surface area contributed by atoms with Crippen LogP contribution in [0.5, 0.6) is 5.75 Å². The van der Waals surface area contributed by atoms with Gasteiger partial charge in [-0.15, -0.1) is 0 Å². The lowest BCUT2D eigenvalue weighted by Crippen LogP contribution is -2.11. The minimum atomic E-state index is -4.29. The molecule has 0 spiro atoms. The van der Waals surface area contributed by atoms with E-state index in [0.29, 0.717) is 0 Å². The van der Waals surface area contributed by atoms with Crippen LogP contribution in [0, 0.1) is 5.82 Å². The van der Waals surface area contributed by atoms with Crippen LogP contribution in [0.4, 0.5) is 17.6 Å². The Balaban J connectivity index is 2.63. The molecule has 3 nitrogen and oxygen atoms in total. The monoisotopic (exact) mass is 266 g/mol. The number of carboxylic acid groups (broad SMARTS) is 1. The summed E-state index contributed by atoms with van der Waals surface area (Å²) in [6, 6.07) is 3.35. The Morgan fingerprint density at radius 1 is 1.33 bits per heavy atom. The summed E-state index contributed by atoms with van der Waals surface area (Å²) < 4.78 is 53.5. The molecule has 0 heterocycles. The van der Waals surface area contributed by atoms with Gasteiger partial charge in [0.1, 0.15) is 17.1 Å². The number of alkyl halides is 3. The van der Waals surface area contributed by atoms with E-state index in [1.807, 2.05) is 0 Å². The van der Waals surface area contributed by atoms with Crippen molar-refractivity contribution in [1.82, 2.24) is 0 Å². The topological polar surface area (TPSA) is 46.5 Å². The molecule has 1 rings (SSSR count). The van der Waals surface area contributed by atoms with E-state index >= 15 is 0 Å². The molecule has 0 aromatic heterocycles. The Bertz CT molecular complexity index is 429. The summed E-state index contributed by atoms with van der Waals surface area (Å²) in [7, 11) is 0. The van der Waals surface area contributed by atoms with Crippen LogP contribution in [-0.4, -0.2) is 23.9 Å². The van der Waals surface area contributed by atoms with Gasteiger partial charge in [-0.1, -0.05) is 6.07 Å². The highest BCUT2D eigenvalue weighted by Crippen LogP contribution is 2.24. The Kier molecular flexibility index (Phi) is 4.52. The molecule has 1 N–H and O–H groups in total. The molecule has 1 aromatic carbocycles. The van der Waals surface area contributed by atoms with Gasteiger partial charge >= 0.3 is 12.1 Å². The van der Waals surface area contributed by atoms with Crippen LogP contribution in [-0.2, 0) is 0 Å². The van der Waals surface area contributed by atoms with Crippen LogP contribution in [0.3, 0.4) is 0 Å². The van der Waals surface area contributed by atoms with Gasteiger partial charge < -0.3 is 9.84 Å². The molecular formula is C11H10F4O3. The van der Waals surface area contributed by atoms with Crippen molar-refractivity contribution in [2.24, 2.45) is 0 Å². The van der Waals surface area contributed by atoms with Crippen molar-refractivity contribution in [3.63, 3.8) is 0 Å². The zero-order chi connectivity index (χ0) is 13.8. The van der Waals surface area contributed by atoms with Gasteiger partial charge in [0.2, 0.25) is 0 Å². The number of rotatable bonds is 5. The third-order valence-electron chi connectivity index (χ3n) is 2.05. The van der Waals surface area contributed by atoms with E-state index in [0.717, 1.165) is 6.07 Å². The summed E-state index contributed by atoms with van der Waals surface area (Å²) in [5.74, 6) is -2.79. The van der Waals surface area contributed by atoms with E-state index in [1.165, 1.54) is 12.1 Å². The van der Waals surface area contributed by atoms with Gasteiger partial charge in [-0.25, -0.2) is 9.18 Å². The second kappa shape index (κ2) is 5.70. The lowest BCUT2D eigenvalue weighted by molar-refractivity contribution is -0.136. The summed E-state index contributed by atoms with van der Waals surface area (Å²) >= 11 is 0. The number of aromatic carboxylic acids is 1. The Morgan fingerprint density at radius 3 is 2.56 bits per heavy atom. The zero-order valence-electron chi connectivity index (χ0n) is 9.13. The van der Waals surface area contributed by atoms with Gasteiger partial charge in [0, 0.05) is 6.42 Å². The number of ether oxygens (including phenoxy) is 1. The highest BCUT2D eigenvalue weighted by atomic mass is 19.4. The van der Waals surface area contributed by atoms with E-state index < -0.39 is 29.9 Å². The molecule has 0 aliphatic carbocycles. The number of halogens is 4. The van der Waals surface area contributed by atoms with Crippen molar-refractivity contribution in [3.05, 3.63) is 29.6 Å². The zero-order valence-corrected chi connectivity index (χ0v) is 9.13. The number of carbonyl (C=O) groups is 1. The molecule has 0 aliphatic rings. The lowest BCUT2D eigenvalue weighted by Gasteiger charge is -2.10. The normalized spacial score (nSPS) is 11.3. The Labute approximate surface area is 100.0 Å². The summed E-state index contributed by atoms with van der Waals surface area (Å²) in [5, 5.41) is 8.73. The molecule has 0 saturated carbocycles. The van der Waals surface area contributed by atoms with Gasteiger partial charge in [-0.05, 0) is 18.6 Å². The molecule has 0 amide bonds. The summed E-state index contributed by atoms with van der Waals surface area (Å²) in [6.07, 6.45) is -5.65. The first-order valence-corrected chi connectivity index (χ1v) is 5.02. The molecule has 0 unspecified atom stereocenters. The van der Waals surface area contributed by atoms with Crippen LogP contribution < -0.4 is 4.74 Å². The SMILES string of the molecule is O=C(O)c1c(F)cccc1OCCCC(F)(F)F. The molecule has 0 atom stereocenters. The van der Waals surface area contributed by atoms with Crippen molar-refractivity contribution < 1.29 is 32.2 Å². The van der Waals surface area contributed by atoms with Crippen LogP contribution >= 0.6 is 0 Å². The number of carboxylic acids is 1. The maximum atomic E-state index is 13.2. The second-order valence-electron chi connectivity index (χ2n) is 3.49. The molecule has 0 bridgehead atoms. The molecule has 100 valence electrons. The second-order valence-corrected chi connectivity index (χ2v) is 3.49. The molecule has 0 aliphatic heterocycles. The molecule has 0 radical (unpaired) electrons. The van der Waals surface area contributed by atoms with Gasteiger partial charge in [-0.2, -0.15) is 13.2 Å². The maximum absolute atomic E-state index is 13.2. The van der Waals surface area contributed by atoms with E-state index in [2.05, 4.69) is 0 Å². The fourth-order valence-electron chi connectivity index (χ4n) is 1.29. The number of benzene rings is 1. The van der Waals surface area contributed by atoms with Crippen LogP contribution in [0.25, 0.3) is 0 Å². The number of hydrogen-bond donors (Lipinski definition) is 1. The highest BCUT2D eigenvalue weighted by molar-refractivity contribution is 5.91. The fraction of sp³-hybridized carbons (Fsp3) is 0.364. The largest absolute Gasteiger partial charge is 0.493 e. The van der Waals surface area contributed by atoms with Gasteiger partial charge in [-0.3, -0.25) is 0 Å². The third kappa shape index (κ3) is 4.23. The van der Waals surface area contributed by atoms with E-state index in [9.17, 15) is 22.4 Å². The minimum absolute atomic E-state index is 0.273. The van der Waals surface area contributed by atoms with E-state index in [1.54, 1.807) is 0 Å². The van der Waals surface area contributed by atoms with Crippen molar-refractivity contribution in [3.8, 4) is 5.75 Å². The first-order valence-electron chi connectivity index (χ1n) is 5.02. The van der Waals surface area contributed by atoms with Crippen molar-refractivity contribution in [2.45, 2.75) is 19.0 Å². The molecule has 0 fully saturated rings. The standard InChI is InChI=1S/C11H10F4O3/c12-7-3-1-4-8(9(7)10(16)17)18-6-2-5-11(13,14)15/h1,3-4H,2,5-6H2,(H,16,17). The molecule has 1 aromatic rings. The average Bonchev–Trinajstić information content (AvgIpc) is 2.22. The summed E-state index contributed by atoms with van der Waals surface area (Å²) in [6.45, 7) is -0.330. The summed E-state index contributed by atoms with van der Waals surface area (Å²) in [5.41, 5.74) is -0.676. The average molecular weight is 266 g/mol. The first kappa shape index (κ1) is 14.3. The van der Waals surface area contributed by atoms with Gasteiger partial charge in [0.15, 0.2) is 0 Å². The molecule has 0 saturated heterocycles. The van der Waals surface area contributed by atoms with Crippen molar-refractivity contribution in [1.29, 1.82) is 0 Å². The van der Waals surface area contributed by atoms with Crippen molar-refractivity contribution in [2.75, 3.05) is 6.61 Å². The number of hydrogen-bond acceptors (Lipinski definition) is 2.